The van der Waals surface area contributed by atoms with E-state index in [0.717, 1.165) is 6.42 Å². The third kappa shape index (κ3) is 6.11. The van der Waals surface area contributed by atoms with Gasteiger partial charge in [0.05, 0.1) is 25.1 Å². The van der Waals surface area contributed by atoms with Crippen LogP contribution in [0.25, 0.3) is 11.4 Å². The Labute approximate surface area is 162 Å². The molecule has 0 saturated heterocycles. The average molecular weight is 394 g/mol. The number of methoxy groups -OCH3 is 1. The van der Waals surface area contributed by atoms with Gasteiger partial charge in [0.25, 0.3) is 6.43 Å². The molecule has 1 amide bonds. The fraction of sp³-hybridized carbons (Fsp3) is 0.474. The van der Waals surface area contributed by atoms with Crippen molar-refractivity contribution in [2.75, 3.05) is 19.0 Å². The number of carbonyl (C=O) groups is 1. The summed E-state index contributed by atoms with van der Waals surface area (Å²) in [5.41, 5.74) is 0.0477. The third-order valence-electron chi connectivity index (χ3n) is 3.81. The summed E-state index contributed by atoms with van der Waals surface area (Å²) in [7, 11) is 1.20. The predicted molar refractivity (Wildman–Crippen MR) is 100 cm³/mol. The Morgan fingerprint density at radius 1 is 1.14 bits per heavy atom. The number of hydrogen-bond donors (Lipinski definition) is 1. The minimum absolute atomic E-state index is 0.0208. The van der Waals surface area contributed by atoms with E-state index in [9.17, 15) is 13.6 Å². The van der Waals surface area contributed by atoms with Crippen molar-refractivity contribution < 1.29 is 23.0 Å². The van der Waals surface area contributed by atoms with Crippen LogP contribution in [0.3, 0.4) is 0 Å². The standard InChI is InChI=1S/C19H24F2N4O3/c1-11(2)9-12(3)10-28-15-6-5-13(23-16(15)17(20)21)14-7-8-22-18(24-14)25-19(26)27-4/h5-8,11-12,17H,9-10H2,1-4H3,(H,22,24,25,26). The monoisotopic (exact) mass is 394 g/mol. The van der Waals surface area contributed by atoms with Crippen LogP contribution in [0.1, 0.15) is 39.3 Å². The molecule has 28 heavy (non-hydrogen) atoms. The number of aromatic nitrogens is 3. The normalized spacial score (nSPS) is 12.1. The van der Waals surface area contributed by atoms with E-state index in [1.165, 1.54) is 25.4 Å². The molecule has 0 aromatic carbocycles. The van der Waals surface area contributed by atoms with Gasteiger partial charge in [0.2, 0.25) is 5.95 Å². The Bertz CT molecular complexity index is 802. The van der Waals surface area contributed by atoms with Crippen LogP contribution in [0.2, 0.25) is 0 Å². The van der Waals surface area contributed by atoms with E-state index in [1.807, 2.05) is 6.92 Å². The first-order chi connectivity index (χ1) is 13.3. The maximum absolute atomic E-state index is 13.5. The van der Waals surface area contributed by atoms with Gasteiger partial charge in [-0.2, -0.15) is 0 Å². The molecule has 2 rings (SSSR count). The Hall–Kier alpha value is -2.84. The lowest BCUT2D eigenvalue weighted by Crippen LogP contribution is -2.14. The van der Waals surface area contributed by atoms with Crippen molar-refractivity contribution in [1.29, 1.82) is 0 Å². The van der Waals surface area contributed by atoms with E-state index in [2.05, 4.69) is 38.9 Å². The van der Waals surface area contributed by atoms with E-state index in [-0.39, 0.29) is 29.0 Å². The lowest BCUT2D eigenvalue weighted by Gasteiger charge is -2.17. The fourth-order valence-corrected chi connectivity index (χ4v) is 2.69. The summed E-state index contributed by atoms with van der Waals surface area (Å²) in [5.74, 6) is 0.766. The van der Waals surface area contributed by atoms with Crippen LogP contribution in [0, 0.1) is 11.8 Å². The van der Waals surface area contributed by atoms with Crippen LogP contribution in [-0.4, -0.2) is 34.8 Å². The molecule has 0 fully saturated rings. The Morgan fingerprint density at radius 3 is 2.50 bits per heavy atom. The molecule has 1 N–H and O–H groups in total. The highest BCUT2D eigenvalue weighted by Crippen LogP contribution is 2.30. The second-order valence-electron chi connectivity index (χ2n) is 6.81. The van der Waals surface area contributed by atoms with E-state index in [0.29, 0.717) is 12.5 Å². The molecule has 0 aliphatic carbocycles. The van der Waals surface area contributed by atoms with Crippen molar-refractivity contribution in [3.8, 4) is 17.1 Å². The maximum atomic E-state index is 13.5. The molecule has 1 unspecified atom stereocenters. The summed E-state index contributed by atoms with van der Waals surface area (Å²) < 4.78 is 37.1. The van der Waals surface area contributed by atoms with Crippen molar-refractivity contribution in [2.45, 2.75) is 33.6 Å². The van der Waals surface area contributed by atoms with Gasteiger partial charge in [-0.3, -0.25) is 5.32 Å². The number of nitrogens with one attached hydrogen (secondary N) is 1. The van der Waals surface area contributed by atoms with Crippen LogP contribution in [0.15, 0.2) is 24.4 Å². The zero-order valence-electron chi connectivity index (χ0n) is 16.3. The van der Waals surface area contributed by atoms with Crippen molar-refractivity contribution in [3.05, 3.63) is 30.1 Å². The zero-order valence-corrected chi connectivity index (χ0v) is 16.3. The zero-order chi connectivity index (χ0) is 20.7. The maximum Gasteiger partial charge on any atom is 0.413 e. The smallest absolute Gasteiger partial charge is 0.413 e. The summed E-state index contributed by atoms with van der Waals surface area (Å²) in [6.07, 6.45) is -1.22. The van der Waals surface area contributed by atoms with Gasteiger partial charge < -0.3 is 9.47 Å². The van der Waals surface area contributed by atoms with E-state index in [4.69, 9.17) is 4.74 Å². The van der Waals surface area contributed by atoms with Crippen molar-refractivity contribution >= 4 is 12.0 Å². The molecule has 152 valence electrons. The first-order valence-corrected chi connectivity index (χ1v) is 8.90. The van der Waals surface area contributed by atoms with Crippen LogP contribution >= 0.6 is 0 Å². The number of alkyl halides is 2. The number of ether oxygens (including phenoxy) is 2. The molecule has 0 saturated carbocycles. The number of anilines is 1. The van der Waals surface area contributed by atoms with Crippen molar-refractivity contribution in [3.63, 3.8) is 0 Å². The van der Waals surface area contributed by atoms with Gasteiger partial charge in [-0.25, -0.2) is 28.5 Å². The minimum atomic E-state index is -2.80. The highest BCUT2D eigenvalue weighted by atomic mass is 19.3. The van der Waals surface area contributed by atoms with Crippen molar-refractivity contribution in [1.82, 2.24) is 15.0 Å². The number of rotatable bonds is 8. The molecule has 0 aliphatic rings. The number of pyridine rings is 1. The molecular weight excluding hydrogens is 370 g/mol. The van der Waals surface area contributed by atoms with Gasteiger partial charge in [0.1, 0.15) is 11.4 Å². The van der Waals surface area contributed by atoms with Gasteiger partial charge >= 0.3 is 6.09 Å². The predicted octanol–water partition coefficient (Wildman–Crippen LogP) is 4.72. The van der Waals surface area contributed by atoms with Gasteiger partial charge in [-0.05, 0) is 36.5 Å². The largest absolute Gasteiger partial charge is 0.491 e. The van der Waals surface area contributed by atoms with Crippen molar-refractivity contribution in [2.24, 2.45) is 11.8 Å². The van der Waals surface area contributed by atoms with Crippen LogP contribution in [0.5, 0.6) is 5.75 Å². The molecule has 0 radical (unpaired) electrons. The molecule has 7 nitrogen and oxygen atoms in total. The van der Waals surface area contributed by atoms with Gasteiger partial charge in [-0.1, -0.05) is 20.8 Å². The first-order valence-electron chi connectivity index (χ1n) is 8.90. The van der Waals surface area contributed by atoms with Crippen LogP contribution < -0.4 is 10.1 Å². The molecule has 9 heteroatoms. The molecule has 2 heterocycles. The molecule has 2 aromatic rings. The van der Waals surface area contributed by atoms with E-state index < -0.39 is 18.2 Å². The average Bonchev–Trinajstić information content (AvgIpc) is 2.65. The highest BCUT2D eigenvalue weighted by molar-refractivity contribution is 5.82. The molecule has 0 aliphatic heterocycles. The highest BCUT2D eigenvalue weighted by Gasteiger charge is 2.19. The summed E-state index contributed by atoms with van der Waals surface area (Å²) in [6.45, 7) is 6.55. The number of nitrogens with zero attached hydrogens (tertiary/aromatic N) is 3. The van der Waals surface area contributed by atoms with E-state index in [1.54, 1.807) is 6.07 Å². The Balaban J connectivity index is 2.22. The molecular formula is C19H24F2N4O3. The topological polar surface area (TPSA) is 86.2 Å². The fourth-order valence-electron chi connectivity index (χ4n) is 2.69. The van der Waals surface area contributed by atoms with Gasteiger partial charge in [-0.15, -0.1) is 0 Å². The lowest BCUT2D eigenvalue weighted by molar-refractivity contribution is 0.137. The summed E-state index contributed by atoms with van der Waals surface area (Å²) >= 11 is 0. The molecule has 0 bridgehead atoms. The van der Waals surface area contributed by atoms with Gasteiger partial charge in [0.15, 0.2) is 0 Å². The number of carbonyl (C=O) groups excluding carboxylic acids is 1. The summed E-state index contributed by atoms with van der Waals surface area (Å²) in [4.78, 5) is 23.3. The number of amides is 1. The molecule has 1 atom stereocenters. The summed E-state index contributed by atoms with van der Waals surface area (Å²) in [5, 5.41) is 2.31. The Morgan fingerprint density at radius 2 is 1.86 bits per heavy atom. The third-order valence-corrected chi connectivity index (χ3v) is 3.81. The van der Waals surface area contributed by atoms with Crippen LogP contribution in [-0.2, 0) is 4.74 Å². The van der Waals surface area contributed by atoms with Crippen LogP contribution in [0.4, 0.5) is 19.5 Å². The minimum Gasteiger partial charge on any atom is -0.491 e. The Kier molecular flexibility index (Phi) is 7.60. The van der Waals surface area contributed by atoms with E-state index >= 15 is 0 Å². The first kappa shape index (κ1) is 21.5. The molecule has 0 spiro atoms. The summed E-state index contributed by atoms with van der Waals surface area (Å²) in [6, 6.07) is 4.51. The second kappa shape index (κ2) is 9.91. The number of halogens is 2. The SMILES string of the molecule is COC(=O)Nc1nccc(-c2ccc(OCC(C)CC(C)C)c(C(F)F)n2)n1. The quantitative estimate of drug-likeness (QED) is 0.697. The van der Waals surface area contributed by atoms with Gasteiger partial charge in [0, 0.05) is 6.20 Å². The molecule has 2 aromatic heterocycles. The lowest BCUT2D eigenvalue weighted by atomic mass is 10.00. The second-order valence-corrected chi connectivity index (χ2v) is 6.81. The number of hydrogen-bond acceptors (Lipinski definition) is 6.